The molecule has 0 aliphatic carbocycles. The summed E-state index contributed by atoms with van der Waals surface area (Å²) >= 11 is 2.99. The minimum atomic E-state index is -0.431. The Morgan fingerprint density at radius 1 is 1.35 bits per heavy atom. The van der Waals surface area contributed by atoms with Crippen LogP contribution in [-0.2, 0) is 14.3 Å². The predicted octanol–water partition coefficient (Wildman–Crippen LogP) is 1.96. The molecular weight excluding hydrogens is 438 g/mol. The van der Waals surface area contributed by atoms with Crippen molar-refractivity contribution >= 4 is 45.7 Å². The molecule has 9 nitrogen and oxygen atoms in total. The number of aromatic nitrogens is 2. The third kappa shape index (κ3) is 5.73. The molecule has 0 bridgehead atoms. The average Bonchev–Trinajstić information content (AvgIpc) is 3.41. The number of ether oxygens (including phenoxy) is 2. The molecule has 2 aliphatic rings. The van der Waals surface area contributed by atoms with Crippen LogP contribution in [0.25, 0.3) is 0 Å². The Morgan fingerprint density at radius 2 is 2.19 bits per heavy atom. The van der Waals surface area contributed by atoms with E-state index >= 15 is 0 Å². The van der Waals surface area contributed by atoms with Crippen molar-refractivity contribution in [1.82, 2.24) is 15.1 Å². The molecule has 2 fully saturated rings. The number of methoxy groups -OCH3 is 1. The van der Waals surface area contributed by atoms with E-state index in [2.05, 4.69) is 20.4 Å². The fourth-order valence-corrected chi connectivity index (χ4v) is 5.35. The van der Waals surface area contributed by atoms with Gasteiger partial charge in [0.1, 0.15) is 5.75 Å². The van der Waals surface area contributed by atoms with Crippen LogP contribution in [0.15, 0.2) is 28.6 Å². The molecule has 0 saturated carbocycles. The molecule has 0 spiro atoms. The summed E-state index contributed by atoms with van der Waals surface area (Å²) in [6, 6.07) is 7.28. The van der Waals surface area contributed by atoms with Crippen LogP contribution in [0.4, 0.5) is 10.8 Å². The molecule has 31 heavy (non-hydrogen) atoms. The van der Waals surface area contributed by atoms with Crippen molar-refractivity contribution in [3.8, 4) is 5.75 Å². The number of hydrogen-bond acceptors (Lipinski definition) is 9. The van der Waals surface area contributed by atoms with E-state index < -0.39 is 5.92 Å². The lowest BCUT2D eigenvalue weighted by molar-refractivity contribution is -0.122. The largest absolute Gasteiger partial charge is 0.497 e. The van der Waals surface area contributed by atoms with E-state index in [1.807, 2.05) is 18.2 Å². The molecular formula is C20H25N5O4S2. The highest BCUT2D eigenvalue weighted by Crippen LogP contribution is 2.30. The van der Waals surface area contributed by atoms with E-state index in [4.69, 9.17) is 9.47 Å². The Bertz CT molecular complexity index is 918. The molecule has 1 aromatic heterocycles. The van der Waals surface area contributed by atoms with Gasteiger partial charge in [0, 0.05) is 50.1 Å². The van der Waals surface area contributed by atoms with Gasteiger partial charge in [-0.05, 0) is 12.1 Å². The van der Waals surface area contributed by atoms with Gasteiger partial charge in [0.2, 0.25) is 16.9 Å². The molecule has 4 rings (SSSR count). The summed E-state index contributed by atoms with van der Waals surface area (Å²) in [5, 5.41) is 11.5. The Hall–Kier alpha value is -2.21. The van der Waals surface area contributed by atoms with E-state index in [9.17, 15) is 9.59 Å². The summed E-state index contributed by atoms with van der Waals surface area (Å²) in [6.07, 6.45) is 0.170. The van der Waals surface area contributed by atoms with Gasteiger partial charge in [-0.3, -0.25) is 14.5 Å². The molecule has 2 aliphatic heterocycles. The molecule has 3 heterocycles. The van der Waals surface area contributed by atoms with Gasteiger partial charge in [-0.2, -0.15) is 0 Å². The summed E-state index contributed by atoms with van der Waals surface area (Å²) in [6.45, 7) is 4.81. The van der Waals surface area contributed by atoms with E-state index in [0.717, 1.165) is 48.6 Å². The SMILES string of the molecule is COc1cccc(N2C[C@H](C(=O)Nc3nnc(SCCN4CCOCC4)s3)CC2=O)c1. The number of nitrogens with zero attached hydrogens (tertiary/aromatic N) is 4. The number of morpholine rings is 1. The van der Waals surface area contributed by atoms with Gasteiger partial charge in [0.05, 0.1) is 26.2 Å². The lowest BCUT2D eigenvalue weighted by Crippen LogP contribution is -2.37. The number of amides is 2. The highest BCUT2D eigenvalue weighted by Gasteiger charge is 2.35. The fourth-order valence-electron chi connectivity index (χ4n) is 3.52. The second kappa shape index (κ2) is 10.4. The maximum Gasteiger partial charge on any atom is 0.231 e. The lowest BCUT2D eigenvalue weighted by atomic mass is 10.1. The molecule has 166 valence electrons. The second-order valence-electron chi connectivity index (χ2n) is 7.27. The van der Waals surface area contributed by atoms with E-state index in [1.165, 1.54) is 11.3 Å². The van der Waals surface area contributed by atoms with Gasteiger partial charge < -0.3 is 19.7 Å². The van der Waals surface area contributed by atoms with Crippen molar-refractivity contribution < 1.29 is 19.1 Å². The third-order valence-corrected chi connectivity index (χ3v) is 7.19. The number of anilines is 2. The van der Waals surface area contributed by atoms with Crippen molar-refractivity contribution in [3.05, 3.63) is 24.3 Å². The number of thioether (sulfide) groups is 1. The molecule has 0 unspecified atom stereocenters. The number of nitrogens with one attached hydrogen (secondary N) is 1. The first-order valence-electron chi connectivity index (χ1n) is 10.1. The van der Waals surface area contributed by atoms with Crippen molar-refractivity contribution in [2.45, 2.75) is 10.8 Å². The van der Waals surface area contributed by atoms with Gasteiger partial charge in [-0.1, -0.05) is 29.2 Å². The smallest absolute Gasteiger partial charge is 0.231 e. The first-order chi connectivity index (χ1) is 15.1. The molecule has 1 N–H and O–H groups in total. The monoisotopic (exact) mass is 463 g/mol. The second-order valence-corrected chi connectivity index (χ2v) is 9.59. The van der Waals surface area contributed by atoms with Crippen molar-refractivity contribution in [2.24, 2.45) is 5.92 Å². The first-order valence-corrected chi connectivity index (χ1v) is 11.9. The molecule has 2 saturated heterocycles. The van der Waals surface area contributed by atoms with Crippen LogP contribution in [-0.4, -0.2) is 79.2 Å². The minimum Gasteiger partial charge on any atom is -0.497 e. The molecule has 11 heteroatoms. The highest BCUT2D eigenvalue weighted by atomic mass is 32.2. The van der Waals surface area contributed by atoms with Crippen LogP contribution in [0.5, 0.6) is 5.75 Å². The third-order valence-electron chi connectivity index (χ3n) is 5.23. The molecule has 2 amide bonds. The Kier molecular flexibility index (Phi) is 7.38. The molecule has 1 atom stereocenters. The number of carbonyl (C=O) groups is 2. The molecule has 1 aromatic carbocycles. The molecule has 0 radical (unpaired) electrons. The summed E-state index contributed by atoms with van der Waals surface area (Å²) in [5.41, 5.74) is 0.731. The Balaban J connectivity index is 1.27. The standard InChI is InChI=1S/C20H25N5O4S2/c1-28-16-4-2-3-15(12-16)25-13-14(11-17(25)26)18(27)21-19-22-23-20(31-19)30-10-7-24-5-8-29-9-6-24/h2-4,12,14H,5-11,13H2,1H3,(H,21,22,27)/t14-/m1/s1. The maximum absolute atomic E-state index is 12.7. The predicted molar refractivity (Wildman–Crippen MR) is 120 cm³/mol. The van der Waals surface area contributed by atoms with Crippen LogP contribution < -0.4 is 15.0 Å². The average molecular weight is 464 g/mol. The van der Waals surface area contributed by atoms with E-state index in [0.29, 0.717) is 17.4 Å². The summed E-state index contributed by atoms with van der Waals surface area (Å²) in [5.74, 6) is 0.866. The zero-order valence-electron chi connectivity index (χ0n) is 17.3. The van der Waals surface area contributed by atoms with Gasteiger partial charge in [0.25, 0.3) is 0 Å². The van der Waals surface area contributed by atoms with E-state index in [1.54, 1.807) is 29.8 Å². The number of carbonyl (C=O) groups excluding carboxylic acids is 2. The first kappa shape index (κ1) is 22.0. The number of benzene rings is 1. The Morgan fingerprint density at radius 3 is 3.00 bits per heavy atom. The normalized spacial score (nSPS) is 19.6. The summed E-state index contributed by atoms with van der Waals surface area (Å²) in [4.78, 5) is 29.1. The number of rotatable bonds is 8. The van der Waals surface area contributed by atoms with Crippen LogP contribution in [0.2, 0.25) is 0 Å². The van der Waals surface area contributed by atoms with Gasteiger partial charge >= 0.3 is 0 Å². The van der Waals surface area contributed by atoms with Crippen molar-refractivity contribution in [1.29, 1.82) is 0 Å². The van der Waals surface area contributed by atoms with Gasteiger partial charge in [0.15, 0.2) is 4.34 Å². The van der Waals surface area contributed by atoms with Crippen molar-refractivity contribution in [3.63, 3.8) is 0 Å². The van der Waals surface area contributed by atoms with E-state index in [-0.39, 0.29) is 18.2 Å². The molecule has 2 aromatic rings. The zero-order valence-corrected chi connectivity index (χ0v) is 18.9. The van der Waals surface area contributed by atoms with Crippen LogP contribution in [0.3, 0.4) is 0 Å². The summed E-state index contributed by atoms with van der Waals surface area (Å²) in [7, 11) is 1.58. The summed E-state index contributed by atoms with van der Waals surface area (Å²) < 4.78 is 11.4. The van der Waals surface area contributed by atoms with Crippen LogP contribution >= 0.6 is 23.1 Å². The number of hydrogen-bond donors (Lipinski definition) is 1. The maximum atomic E-state index is 12.7. The quantitative estimate of drug-likeness (QED) is 0.469. The van der Waals surface area contributed by atoms with Gasteiger partial charge in [-0.15, -0.1) is 10.2 Å². The van der Waals surface area contributed by atoms with Crippen molar-refractivity contribution in [2.75, 3.05) is 62.5 Å². The zero-order chi connectivity index (χ0) is 21.6. The highest BCUT2D eigenvalue weighted by molar-refractivity contribution is 8.01. The van der Waals surface area contributed by atoms with Crippen LogP contribution in [0.1, 0.15) is 6.42 Å². The fraction of sp³-hybridized carbons (Fsp3) is 0.500. The van der Waals surface area contributed by atoms with Crippen LogP contribution in [0, 0.1) is 5.92 Å². The lowest BCUT2D eigenvalue weighted by Gasteiger charge is -2.25. The topological polar surface area (TPSA) is 96.9 Å². The minimum absolute atomic E-state index is 0.0787. The Labute approximate surface area is 189 Å². The van der Waals surface area contributed by atoms with Gasteiger partial charge in [-0.25, -0.2) is 0 Å².